The number of piperidine rings is 1. The van der Waals surface area contributed by atoms with E-state index in [-0.39, 0.29) is 24.5 Å². The fraction of sp³-hybridized carbons (Fsp3) is 0.526. The molecular weight excluding hydrogens is 360 g/mol. The molecule has 2 heterocycles. The van der Waals surface area contributed by atoms with Crippen molar-refractivity contribution in [3.63, 3.8) is 0 Å². The maximum atomic E-state index is 12.6. The Morgan fingerprint density at radius 2 is 2.00 bits per heavy atom. The molecule has 0 unspecified atom stereocenters. The number of hydrogen-bond acceptors (Lipinski definition) is 6. The average molecular weight is 384 g/mol. The van der Waals surface area contributed by atoms with Crippen LogP contribution in [-0.2, 0) is 9.59 Å². The van der Waals surface area contributed by atoms with Gasteiger partial charge in [-0.1, -0.05) is 0 Å². The summed E-state index contributed by atoms with van der Waals surface area (Å²) in [5.74, 6) is 1.66. The number of tetrazole rings is 1. The predicted octanol–water partition coefficient (Wildman–Crippen LogP) is 0.756. The third kappa shape index (κ3) is 3.69. The molecule has 1 saturated carbocycles. The van der Waals surface area contributed by atoms with Gasteiger partial charge < -0.3 is 14.5 Å². The Kier molecular flexibility index (Phi) is 4.97. The Balaban J connectivity index is 1.30. The van der Waals surface area contributed by atoms with E-state index in [1.165, 1.54) is 6.33 Å². The Morgan fingerprint density at radius 3 is 2.71 bits per heavy atom. The molecular formula is C19H24N6O3. The summed E-state index contributed by atoms with van der Waals surface area (Å²) < 4.78 is 7.21. The second-order valence-electron chi connectivity index (χ2n) is 7.67. The fourth-order valence-corrected chi connectivity index (χ4v) is 4.23. The van der Waals surface area contributed by atoms with Crippen LogP contribution in [0.2, 0.25) is 0 Å². The second-order valence-corrected chi connectivity index (χ2v) is 7.67. The molecule has 1 aliphatic heterocycles. The van der Waals surface area contributed by atoms with E-state index in [0.29, 0.717) is 24.0 Å². The van der Waals surface area contributed by atoms with Crippen molar-refractivity contribution < 1.29 is 14.3 Å². The van der Waals surface area contributed by atoms with E-state index in [2.05, 4.69) is 15.5 Å². The first-order chi connectivity index (χ1) is 13.5. The van der Waals surface area contributed by atoms with E-state index in [1.807, 2.05) is 31.1 Å². The zero-order valence-electron chi connectivity index (χ0n) is 16.1. The Labute approximate surface area is 163 Å². The van der Waals surface area contributed by atoms with Crippen molar-refractivity contribution >= 4 is 11.8 Å². The SMILES string of the molecule is CN1C[C@@H]2C[C@H](N(C)C(=O)COc3ccc(-n4cnnn4)cc3)C[C@@H]2CC1=O. The zero-order chi connectivity index (χ0) is 19.7. The molecule has 2 amide bonds. The Morgan fingerprint density at radius 1 is 1.25 bits per heavy atom. The highest BCUT2D eigenvalue weighted by atomic mass is 16.5. The number of nitrogens with zero attached hydrogens (tertiary/aromatic N) is 6. The zero-order valence-corrected chi connectivity index (χ0v) is 16.1. The summed E-state index contributed by atoms with van der Waals surface area (Å²) in [6.07, 6.45) is 3.96. The number of ether oxygens (including phenoxy) is 1. The number of carbonyl (C=O) groups excluding carboxylic acids is 2. The van der Waals surface area contributed by atoms with Gasteiger partial charge in [0.2, 0.25) is 5.91 Å². The average Bonchev–Trinajstić information content (AvgIpc) is 3.36. The Hall–Kier alpha value is -2.97. The van der Waals surface area contributed by atoms with E-state index in [1.54, 1.807) is 21.7 Å². The van der Waals surface area contributed by atoms with Crippen molar-refractivity contribution in [3.8, 4) is 11.4 Å². The van der Waals surface area contributed by atoms with Crippen molar-refractivity contribution in [2.45, 2.75) is 25.3 Å². The summed E-state index contributed by atoms with van der Waals surface area (Å²) >= 11 is 0. The third-order valence-electron chi connectivity index (χ3n) is 5.94. The fourth-order valence-electron chi connectivity index (χ4n) is 4.23. The van der Waals surface area contributed by atoms with Crippen LogP contribution in [0.3, 0.4) is 0 Å². The Bertz CT molecular complexity index is 838. The van der Waals surface area contributed by atoms with Gasteiger partial charge in [0.15, 0.2) is 6.61 Å². The first kappa shape index (κ1) is 18.4. The van der Waals surface area contributed by atoms with Gasteiger partial charge in [0.05, 0.1) is 5.69 Å². The van der Waals surface area contributed by atoms with Crippen LogP contribution in [0, 0.1) is 11.8 Å². The second kappa shape index (κ2) is 7.57. The lowest BCUT2D eigenvalue weighted by molar-refractivity contribution is -0.135. The third-order valence-corrected chi connectivity index (χ3v) is 5.94. The monoisotopic (exact) mass is 384 g/mol. The first-order valence-electron chi connectivity index (χ1n) is 9.47. The highest BCUT2D eigenvalue weighted by Crippen LogP contribution is 2.40. The first-order valence-corrected chi connectivity index (χ1v) is 9.47. The van der Waals surface area contributed by atoms with Gasteiger partial charge in [0.1, 0.15) is 12.1 Å². The molecule has 1 aromatic heterocycles. The van der Waals surface area contributed by atoms with Gasteiger partial charge >= 0.3 is 0 Å². The van der Waals surface area contributed by atoms with E-state index < -0.39 is 0 Å². The molecule has 0 radical (unpaired) electrons. The standard InChI is InChI=1S/C19H24N6O3/c1-23-10-14-8-16(7-13(14)9-18(23)26)24(2)19(27)11-28-17-5-3-15(4-6-17)25-12-20-21-22-25/h3-6,12-14,16H,7-11H2,1-2H3/t13-,14+,16-/m1/s1. The molecule has 28 heavy (non-hydrogen) atoms. The van der Waals surface area contributed by atoms with Crippen molar-refractivity contribution in [2.75, 3.05) is 27.2 Å². The van der Waals surface area contributed by atoms with Gasteiger partial charge in [0.25, 0.3) is 5.91 Å². The van der Waals surface area contributed by atoms with Gasteiger partial charge in [-0.25, -0.2) is 4.68 Å². The number of amides is 2. The smallest absolute Gasteiger partial charge is 0.260 e. The lowest BCUT2D eigenvalue weighted by atomic mass is 9.88. The summed E-state index contributed by atoms with van der Waals surface area (Å²) in [5.41, 5.74) is 0.814. The number of benzene rings is 1. The van der Waals surface area contributed by atoms with Crippen molar-refractivity contribution in [1.29, 1.82) is 0 Å². The van der Waals surface area contributed by atoms with Gasteiger partial charge in [0, 0.05) is 33.1 Å². The van der Waals surface area contributed by atoms with Crippen molar-refractivity contribution in [1.82, 2.24) is 30.0 Å². The molecule has 0 N–H and O–H groups in total. The summed E-state index contributed by atoms with van der Waals surface area (Å²) in [7, 11) is 3.69. The molecule has 3 atom stereocenters. The van der Waals surface area contributed by atoms with Crippen LogP contribution in [-0.4, -0.2) is 75.1 Å². The molecule has 4 rings (SSSR count). The quantitative estimate of drug-likeness (QED) is 0.755. The molecule has 0 spiro atoms. The van der Waals surface area contributed by atoms with Crippen LogP contribution in [0.25, 0.3) is 5.69 Å². The number of rotatable bonds is 5. The van der Waals surface area contributed by atoms with Gasteiger partial charge in [-0.15, -0.1) is 5.10 Å². The van der Waals surface area contributed by atoms with Crippen LogP contribution in [0.5, 0.6) is 5.75 Å². The molecule has 148 valence electrons. The number of carbonyl (C=O) groups is 2. The molecule has 9 heteroatoms. The summed E-state index contributed by atoms with van der Waals surface area (Å²) in [6, 6.07) is 7.41. The molecule has 1 aromatic carbocycles. The lowest BCUT2D eigenvalue weighted by Gasteiger charge is -2.31. The number of likely N-dealkylation sites (tertiary alicyclic amines) is 1. The molecule has 2 aromatic rings. The van der Waals surface area contributed by atoms with Crippen LogP contribution >= 0.6 is 0 Å². The summed E-state index contributed by atoms with van der Waals surface area (Å²) in [6.45, 7) is 0.789. The number of aromatic nitrogens is 4. The van der Waals surface area contributed by atoms with E-state index in [0.717, 1.165) is 25.1 Å². The molecule has 1 aliphatic carbocycles. The van der Waals surface area contributed by atoms with E-state index in [4.69, 9.17) is 4.74 Å². The molecule has 2 fully saturated rings. The van der Waals surface area contributed by atoms with Crippen LogP contribution in [0.4, 0.5) is 0 Å². The highest BCUT2D eigenvalue weighted by Gasteiger charge is 2.42. The minimum atomic E-state index is -0.0483. The lowest BCUT2D eigenvalue weighted by Crippen LogP contribution is -2.40. The number of hydrogen-bond donors (Lipinski definition) is 0. The normalized spacial score (nSPS) is 24.1. The van der Waals surface area contributed by atoms with E-state index >= 15 is 0 Å². The van der Waals surface area contributed by atoms with E-state index in [9.17, 15) is 9.59 Å². The summed E-state index contributed by atoms with van der Waals surface area (Å²) in [5, 5.41) is 11.0. The van der Waals surface area contributed by atoms with Crippen molar-refractivity contribution in [3.05, 3.63) is 30.6 Å². The van der Waals surface area contributed by atoms with Crippen LogP contribution in [0.15, 0.2) is 30.6 Å². The predicted molar refractivity (Wildman–Crippen MR) is 99.7 cm³/mol. The topological polar surface area (TPSA) is 93.4 Å². The van der Waals surface area contributed by atoms with Crippen LogP contribution in [0.1, 0.15) is 19.3 Å². The minimum Gasteiger partial charge on any atom is -0.484 e. The maximum Gasteiger partial charge on any atom is 0.260 e. The highest BCUT2D eigenvalue weighted by molar-refractivity contribution is 5.78. The largest absolute Gasteiger partial charge is 0.484 e. The number of fused-ring (bicyclic) bond motifs is 1. The minimum absolute atomic E-state index is 0.00854. The van der Waals surface area contributed by atoms with Gasteiger partial charge in [-0.3, -0.25) is 9.59 Å². The molecule has 1 saturated heterocycles. The number of likely N-dealkylation sites (N-methyl/N-ethyl adjacent to an activating group) is 1. The molecule has 2 aliphatic rings. The van der Waals surface area contributed by atoms with Gasteiger partial charge in [-0.2, -0.15) is 0 Å². The van der Waals surface area contributed by atoms with Crippen LogP contribution < -0.4 is 4.74 Å². The summed E-state index contributed by atoms with van der Waals surface area (Å²) in [4.78, 5) is 28.1. The van der Waals surface area contributed by atoms with Crippen molar-refractivity contribution in [2.24, 2.45) is 11.8 Å². The maximum absolute atomic E-state index is 12.6. The molecule has 9 nitrogen and oxygen atoms in total. The molecule has 0 bridgehead atoms. The van der Waals surface area contributed by atoms with Gasteiger partial charge in [-0.05, 0) is 59.4 Å².